The van der Waals surface area contributed by atoms with Crippen LogP contribution in [0.5, 0.6) is 0 Å². The summed E-state index contributed by atoms with van der Waals surface area (Å²) in [5, 5.41) is 9.05. The van der Waals surface area contributed by atoms with Gasteiger partial charge in [0.05, 0.1) is 16.1 Å². The topological polar surface area (TPSA) is 55.1 Å². The van der Waals surface area contributed by atoms with Gasteiger partial charge in [-0.1, -0.05) is 23.7 Å². The van der Waals surface area contributed by atoms with Gasteiger partial charge in [0, 0.05) is 5.56 Å². The Hall–Kier alpha value is -2.40. The van der Waals surface area contributed by atoms with E-state index in [2.05, 4.69) is 4.98 Å². The monoisotopic (exact) mass is 304 g/mol. The molecule has 3 rings (SSSR count). The minimum absolute atomic E-state index is 0.0265. The highest BCUT2D eigenvalue weighted by molar-refractivity contribution is 6.31. The van der Waals surface area contributed by atoms with Gasteiger partial charge in [-0.25, -0.2) is 9.37 Å². The molecule has 1 aromatic heterocycles. The highest BCUT2D eigenvalue weighted by Gasteiger charge is 2.15. The molecule has 0 spiro atoms. The molecule has 21 heavy (non-hydrogen) atoms. The molecule has 1 heterocycles. The van der Waals surface area contributed by atoms with Crippen LogP contribution in [-0.4, -0.2) is 20.6 Å². The summed E-state index contributed by atoms with van der Waals surface area (Å²) in [4.78, 5) is 15.5. The maximum atomic E-state index is 13.3. The molecule has 0 bridgehead atoms. The molecule has 0 radical (unpaired) electrons. The van der Waals surface area contributed by atoms with Crippen LogP contribution >= 0.6 is 11.6 Å². The van der Waals surface area contributed by atoms with Gasteiger partial charge in [-0.3, -0.25) is 4.79 Å². The normalized spacial score (nSPS) is 11.0. The van der Waals surface area contributed by atoms with Crippen LogP contribution in [0.25, 0.3) is 22.4 Å². The van der Waals surface area contributed by atoms with E-state index >= 15 is 0 Å². The van der Waals surface area contributed by atoms with Gasteiger partial charge in [-0.05, 0) is 30.3 Å². The minimum atomic E-state index is -0.979. The van der Waals surface area contributed by atoms with Crippen molar-refractivity contribution in [1.82, 2.24) is 9.55 Å². The number of rotatable bonds is 3. The predicted octanol–water partition coefficient (Wildman–Crippen LogP) is 3.58. The van der Waals surface area contributed by atoms with Crippen molar-refractivity contribution < 1.29 is 14.3 Å². The molecule has 3 aromatic rings. The first-order valence-electron chi connectivity index (χ1n) is 6.19. The van der Waals surface area contributed by atoms with Crippen LogP contribution in [0.1, 0.15) is 0 Å². The van der Waals surface area contributed by atoms with Crippen LogP contribution in [-0.2, 0) is 11.3 Å². The molecule has 0 fully saturated rings. The lowest BCUT2D eigenvalue weighted by Crippen LogP contribution is -2.10. The lowest BCUT2D eigenvalue weighted by atomic mass is 10.2. The predicted molar refractivity (Wildman–Crippen MR) is 77.8 cm³/mol. The van der Waals surface area contributed by atoms with E-state index in [9.17, 15) is 9.18 Å². The van der Waals surface area contributed by atoms with Crippen molar-refractivity contribution in [3.8, 4) is 11.4 Å². The Bertz CT molecular complexity index is 845. The number of aliphatic carboxylic acids is 1. The fourth-order valence-corrected chi connectivity index (χ4v) is 2.41. The molecule has 0 atom stereocenters. The Morgan fingerprint density at radius 2 is 2.05 bits per heavy atom. The molecule has 0 aliphatic carbocycles. The minimum Gasteiger partial charge on any atom is -0.480 e. The van der Waals surface area contributed by atoms with Gasteiger partial charge < -0.3 is 9.67 Å². The molecular formula is C15H10ClFN2O2. The number of carboxylic acids is 1. The lowest BCUT2D eigenvalue weighted by molar-refractivity contribution is -0.137. The zero-order chi connectivity index (χ0) is 15.0. The van der Waals surface area contributed by atoms with Crippen molar-refractivity contribution in [3.05, 3.63) is 53.3 Å². The smallest absolute Gasteiger partial charge is 0.323 e. The average Bonchev–Trinajstić information content (AvgIpc) is 2.80. The number of nitrogens with zero attached hydrogens (tertiary/aromatic N) is 2. The van der Waals surface area contributed by atoms with Gasteiger partial charge in [0.2, 0.25) is 0 Å². The zero-order valence-electron chi connectivity index (χ0n) is 10.8. The van der Waals surface area contributed by atoms with Crippen molar-refractivity contribution >= 4 is 28.6 Å². The van der Waals surface area contributed by atoms with E-state index < -0.39 is 11.8 Å². The molecule has 1 N–H and O–H groups in total. The number of halogens is 2. The van der Waals surface area contributed by atoms with Crippen molar-refractivity contribution in [2.45, 2.75) is 6.54 Å². The third kappa shape index (κ3) is 2.48. The Morgan fingerprint density at radius 1 is 1.29 bits per heavy atom. The molecule has 0 aliphatic heterocycles. The molecule has 0 saturated carbocycles. The van der Waals surface area contributed by atoms with E-state index in [-0.39, 0.29) is 11.6 Å². The second kappa shape index (κ2) is 5.18. The number of hydrogen-bond donors (Lipinski definition) is 1. The summed E-state index contributed by atoms with van der Waals surface area (Å²) in [7, 11) is 0. The largest absolute Gasteiger partial charge is 0.480 e. The highest BCUT2D eigenvalue weighted by atomic mass is 35.5. The van der Waals surface area contributed by atoms with Crippen LogP contribution in [0, 0.1) is 5.82 Å². The Morgan fingerprint density at radius 3 is 2.76 bits per heavy atom. The van der Waals surface area contributed by atoms with E-state index in [1.807, 2.05) is 12.1 Å². The summed E-state index contributed by atoms with van der Waals surface area (Å²) >= 11 is 5.79. The quantitative estimate of drug-likeness (QED) is 0.804. The molecular weight excluding hydrogens is 295 g/mol. The van der Waals surface area contributed by atoms with Crippen molar-refractivity contribution in [3.63, 3.8) is 0 Å². The second-order valence-electron chi connectivity index (χ2n) is 4.53. The summed E-state index contributed by atoms with van der Waals surface area (Å²) in [6.07, 6.45) is 0. The number of imidazole rings is 1. The number of fused-ring (bicyclic) bond motifs is 1. The van der Waals surface area contributed by atoms with Crippen LogP contribution < -0.4 is 0 Å². The number of para-hydroxylation sites is 2. The molecule has 0 aliphatic rings. The van der Waals surface area contributed by atoms with Gasteiger partial charge in [-0.15, -0.1) is 0 Å². The molecule has 106 valence electrons. The summed E-state index contributed by atoms with van der Waals surface area (Å²) in [6, 6.07) is 11.4. The van der Waals surface area contributed by atoms with Gasteiger partial charge >= 0.3 is 5.97 Å². The number of carbonyl (C=O) groups is 1. The van der Waals surface area contributed by atoms with Crippen molar-refractivity contribution in [1.29, 1.82) is 0 Å². The molecule has 2 aromatic carbocycles. The van der Waals surface area contributed by atoms with Gasteiger partial charge in [0.25, 0.3) is 0 Å². The Balaban J connectivity index is 2.25. The zero-order valence-corrected chi connectivity index (χ0v) is 11.5. The number of benzene rings is 2. The summed E-state index contributed by atoms with van der Waals surface area (Å²) in [5.41, 5.74) is 1.95. The first-order chi connectivity index (χ1) is 10.1. The molecule has 6 heteroatoms. The van der Waals surface area contributed by atoms with E-state index in [0.717, 1.165) is 0 Å². The number of hydrogen-bond acceptors (Lipinski definition) is 2. The third-order valence-electron chi connectivity index (χ3n) is 3.13. The van der Waals surface area contributed by atoms with Gasteiger partial charge in [0.15, 0.2) is 0 Å². The maximum absolute atomic E-state index is 13.3. The number of carboxylic acid groups (broad SMARTS) is 1. The van der Waals surface area contributed by atoms with Crippen LogP contribution in [0.4, 0.5) is 4.39 Å². The summed E-state index contributed by atoms with van der Waals surface area (Å²) in [5.74, 6) is -1.06. The van der Waals surface area contributed by atoms with Crippen molar-refractivity contribution in [2.75, 3.05) is 0 Å². The SMILES string of the molecule is O=C(O)Cn1c(-c2ccc(F)c(Cl)c2)nc2ccccc21. The van der Waals surface area contributed by atoms with E-state index in [0.29, 0.717) is 22.4 Å². The summed E-state index contributed by atoms with van der Waals surface area (Å²) < 4.78 is 14.8. The first-order valence-corrected chi connectivity index (χ1v) is 6.56. The first kappa shape index (κ1) is 13.6. The van der Waals surface area contributed by atoms with Crippen molar-refractivity contribution in [2.24, 2.45) is 0 Å². The third-order valence-corrected chi connectivity index (χ3v) is 3.42. The van der Waals surface area contributed by atoms with E-state index in [4.69, 9.17) is 16.7 Å². The van der Waals surface area contributed by atoms with Crippen LogP contribution in [0.15, 0.2) is 42.5 Å². The van der Waals surface area contributed by atoms with Gasteiger partial charge in [-0.2, -0.15) is 0 Å². The molecule has 4 nitrogen and oxygen atoms in total. The number of aromatic nitrogens is 2. The van der Waals surface area contributed by atoms with E-state index in [1.165, 1.54) is 18.2 Å². The second-order valence-corrected chi connectivity index (χ2v) is 4.94. The Kier molecular flexibility index (Phi) is 3.35. The Labute approximate surface area is 124 Å². The molecule has 0 unspecified atom stereocenters. The maximum Gasteiger partial charge on any atom is 0.323 e. The average molecular weight is 305 g/mol. The summed E-state index contributed by atoms with van der Waals surface area (Å²) in [6.45, 7) is -0.231. The van der Waals surface area contributed by atoms with Crippen LogP contribution in [0.2, 0.25) is 5.02 Å². The standard InChI is InChI=1S/C15H10ClFN2O2/c16-10-7-9(5-6-11(10)17)15-18-12-3-1-2-4-13(12)19(15)8-14(20)21/h1-7H,8H2,(H,20,21). The fraction of sp³-hybridized carbons (Fsp3) is 0.0667. The molecule has 0 amide bonds. The highest BCUT2D eigenvalue weighted by Crippen LogP contribution is 2.27. The van der Waals surface area contributed by atoms with Gasteiger partial charge in [0.1, 0.15) is 18.2 Å². The molecule has 0 saturated heterocycles. The van der Waals surface area contributed by atoms with E-state index in [1.54, 1.807) is 16.7 Å². The lowest BCUT2D eigenvalue weighted by Gasteiger charge is -2.07. The fourth-order valence-electron chi connectivity index (χ4n) is 2.23. The van der Waals surface area contributed by atoms with Crippen LogP contribution in [0.3, 0.4) is 0 Å².